The minimum absolute atomic E-state index is 0.593. The van der Waals surface area contributed by atoms with E-state index >= 15 is 0 Å². The van der Waals surface area contributed by atoms with Crippen molar-refractivity contribution in [1.82, 2.24) is 5.32 Å². The lowest BCUT2D eigenvalue weighted by molar-refractivity contribution is 0.372. The smallest absolute Gasteiger partial charge is 0.0701 e. The lowest BCUT2D eigenvalue weighted by Crippen LogP contribution is -2.32. The van der Waals surface area contributed by atoms with Crippen LogP contribution in [-0.4, -0.2) is 19.6 Å². The van der Waals surface area contributed by atoms with Crippen LogP contribution < -0.4 is 11.1 Å². The zero-order valence-corrected chi connectivity index (χ0v) is 12.4. The van der Waals surface area contributed by atoms with Gasteiger partial charge in [-0.1, -0.05) is 13.8 Å². The molecule has 0 spiro atoms. The van der Waals surface area contributed by atoms with Crippen LogP contribution in [0.5, 0.6) is 0 Å². The second-order valence-electron chi connectivity index (χ2n) is 4.40. The molecular weight excluding hydrogens is 284 g/mol. The maximum Gasteiger partial charge on any atom is 0.0701 e. The van der Waals surface area contributed by atoms with Gasteiger partial charge < -0.3 is 11.1 Å². The van der Waals surface area contributed by atoms with E-state index in [0.29, 0.717) is 11.8 Å². The summed E-state index contributed by atoms with van der Waals surface area (Å²) in [7, 11) is 0. The van der Waals surface area contributed by atoms with Crippen LogP contribution in [0.1, 0.15) is 18.7 Å². The molecule has 1 aromatic rings. The van der Waals surface area contributed by atoms with E-state index in [1.807, 2.05) is 11.3 Å². The van der Waals surface area contributed by atoms with Gasteiger partial charge >= 0.3 is 0 Å². The molecule has 1 aromatic heterocycles. The van der Waals surface area contributed by atoms with E-state index in [4.69, 9.17) is 5.73 Å². The fourth-order valence-electron chi connectivity index (χ4n) is 1.58. The summed E-state index contributed by atoms with van der Waals surface area (Å²) in [6.07, 6.45) is 1.10. The third-order valence-electron chi connectivity index (χ3n) is 2.83. The maximum atomic E-state index is 5.73. The third kappa shape index (κ3) is 4.95. The Bertz CT molecular complexity index is 299. The van der Waals surface area contributed by atoms with Crippen molar-refractivity contribution < 1.29 is 0 Å². The summed E-state index contributed by atoms with van der Waals surface area (Å²) >= 11 is 5.29. The molecule has 0 amide bonds. The first kappa shape index (κ1) is 14.2. The normalized spacial score (nSPS) is 13.3. The minimum atomic E-state index is 0.593. The quantitative estimate of drug-likeness (QED) is 0.760. The largest absolute Gasteiger partial charge is 0.330 e. The molecule has 0 aliphatic carbocycles. The topological polar surface area (TPSA) is 38.0 Å². The molecule has 1 atom stereocenters. The maximum absolute atomic E-state index is 5.73. The minimum Gasteiger partial charge on any atom is -0.330 e. The van der Waals surface area contributed by atoms with Gasteiger partial charge in [0.25, 0.3) is 0 Å². The molecule has 0 bridgehead atoms. The molecule has 0 fully saturated rings. The molecule has 92 valence electrons. The van der Waals surface area contributed by atoms with Gasteiger partial charge in [-0.2, -0.15) is 0 Å². The molecule has 0 saturated heterocycles. The molecular formula is C12H21BrN2S. The van der Waals surface area contributed by atoms with Gasteiger partial charge in [0.1, 0.15) is 0 Å². The molecule has 0 aromatic carbocycles. The second-order valence-corrected chi connectivity index (χ2v) is 6.95. The fraction of sp³-hybridized carbons (Fsp3) is 0.667. The average molecular weight is 305 g/mol. The summed E-state index contributed by atoms with van der Waals surface area (Å²) in [6.45, 7) is 7.30. The molecule has 4 heteroatoms. The molecule has 16 heavy (non-hydrogen) atoms. The van der Waals surface area contributed by atoms with Crippen molar-refractivity contribution in [3.8, 4) is 0 Å². The number of rotatable bonds is 7. The molecule has 3 N–H and O–H groups in total. The SMILES string of the molecule is CC(C)C(CN)CNCCc1ccc(Br)s1. The zero-order chi connectivity index (χ0) is 12.0. The standard InChI is InChI=1S/C12H21BrN2S/c1-9(2)10(7-14)8-15-6-5-11-3-4-12(13)16-11/h3-4,9-10,15H,5-8,14H2,1-2H3. The van der Waals surface area contributed by atoms with Crippen LogP contribution in [-0.2, 0) is 6.42 Å². The Morgan fingerprint density at radius 2 is 2.19 bits per heavy atom. The van der Waals surface area contributed by atoms with Gasteiger partial charge in [-0.25, -0.2) is 0 Å². The molecule has 1 unspecified atom stereocenters. The van der Waals surface area contributed by atoms with Crippen LogP contribution in [0.15, 0.2) is 15.9 Å². The van der Waals surface area contributed by atoms with Gasteiger partial charge in [0, 0.05) is 4.88 Å². The van der Waals surface area contributed by atoms with E-state index in [1.54, 1.807) is 0 Å². The highest BCUT2D eigenvalue weighted by molar-refractivity contribution is 9.11. The first-order valence-electron chi connectivity index (χ1n) is 5.78. The molecule has 1 heterocycles. The average Bonchev–Trinajstić information content (AvgIpc) is 2.64. The van der Waals surface area contributed by atoms with Gasteiger partial charge in [0.15, 0.2) is 0 Å². The van der Waals surface area contributed by atoms with E-state index in [1.165, 1.54) is 8.66 Å². The first-order chi connectivity index (χ1) is 7.63. The Hall–Kier alpha value is 0.1000. The number of nitrogens with two attached hydrogens (primary N) is 1. The van der Waals surface area contributed by atoms with Crippen molar-refractivity contribution in [2.75, 3.05) is 19.6 Å². The van der Waals surface area contributed by atoms with E-state index in [0.717, 1.165) is 26.1 Å². The fourth-order valence-corrected chi connectivity index (χ4v) is 3.06. The van der Waals surface area contributed by atoms with Crippen molar-refractivity contribution >= 4 is 27.3 Å². The molecule has 2 nitrogen and oxygen atoms in total. The first-order valence-corrected chi connectivity index (χ1v) is 7.39. The number of halogens is 1. The lowest BCUT2D eigenvalue weighted by Gasteiger charge is -2.19. The van der Waals surface area contributed by atoms with Crippen LogP contribution in [0.2, 0.25) is 0 Å². The molecule has 0 saturated carbocycles. The van der Waals surface area contributed by atoms with Gasteiger partial charge in [0.2, 0.25) is 0 Å². The predicted octanol–water partition coefficient (Wildman–Crippen LogP) is 2.87. The van der Waals surface area contributed by atoms with Crippen LogP contribution in [0, 0.1) is 11.8 Å². The molecule has 0 aliphatic heterocycles. The van der Waals surface area contributed by atoms with Crippen molar-refractivity contribution in [3.63, 3.8) is 0 Å². The van der Waals surface area contributed by atoms with Gasteiger partial charge in [-0.15, -0.1) is 11.3 Å². The van der Waals surface area contributed by atoms with Crippen molar-refractivity contribution in [2.24, 2.45) is 17.6 Å². The Morgan fingerprint density at radius 3 is 2.69 bits per heavy atom. The summed E-state index contributed by atoms with van der Waals surface area (Å²) in [4.78, 5) is 1.42. The zero-order valence-electron chi connectivity index (χ0n) is 10.0. The summed E-state index contributed by atoms with van der Waals surface area (Å²) < 4.78 is 1.21. The lowest BCUT2D eigenvalue weighted by atomic mass is 9.96. The van der Waals surface area contributed by atoms with Gasteiger partial charge in [0.05, 0.1) is 3.79 Å². The predicted molar refractivity (Wildman–Crippen MR) is 76.0 cm³/mol. The summed E-state index contributed by atoms with van der Waals surface area (Å²) in [6, 6.07) is 4.29. The molecule has 1 rings (SSSR count). The number of nitrogens with one attached hydrogen (secondary N) is 1. The highest BCUT2D eigenvalue weighted by Crippen LogP contribution is 2.22. The van der Waals surface area contributed by atoms with Crippen LogP contribution in [0.25, 0.3) is 0 Å². The highest BCUT2D eigenvalue weighted by Gasteiger charge is 2.10. The van der Waals surface area contributed by atoms with Crippen LogP contribution >= 0.6 is 27.3 Å². The number of hydrogen-bond acceptors (Lipinski definition) is 3. The van der Waals surface area contributed by atoms with Crippen LogP contribution in [0.3, 0.4) is 0 Å². The van der Waals surface area contributed by atoms with Gasteiger partial charge in [-0.05, 0) is 66.0 Å². The molecule has 0 aliphatic rings. The number of hydrogen-bond donors (Lipinski definition) is 2. The van der Waals surface area contributed by atoms with E-state index in [-0.39, 0.29) is 0 Å². The summed E-state index contributed by atoms with van der Waals surface area (Å²) in [5.74, 6) is 1.25. The number of thiophene rings is 1. The monoisotopic (exact) mass is 304 g/mol. The van der Waals surface area contributed by atoms with Crippen molar-refractivity contribution in [2.45, 2.75) is 20.3 Å². The van der Waals surface area contributed by atoms with E-state index < -0.39 is 0 Å². The third-order valence-corrected chi connectivity index (χ3v) is 4.51. The molecule has 0 radical (unpaired) electrons. The Kier molecular flexibility index (Phi) is 6.58. The highest BCUT2D eigenvalue weighted by atomic mass is 79.9. The Labute approximate surface area is 111 Å². The van der Waals surface area contributed by atoms with Crippen LogP contribution in [0.4, 0.5) is 0 Å². The van der Waals surface area contributed by atoms with Crippen molar-refractivity contribution in [3.05, 3.63) is 20.8 Å². The Morgan fingerprint density at radius 1 is 1.44 bits per heavy atom. The summed E-state index contributed by atoms with van der Waals surface area (Å²) in [5.41, 5.74) is 5.73. The Balaban J connectivity index is 2.16. The summed E-state index contributed by atoms with van der Waals surface area (Å²) in [5, 5.41) is 3.49. The van der Waals surface area contributed by atoms with E-state index in [2.05, 4.69) is 47.2 Å². The second kappa shape index (κ2) is 7.43. The van der Waals surface area contributed by atoms with E-state index in [9.17, 15) is 0 Å². The van der Waals surface area contributed by atoms with Crippen molar-refractivity contribution in [1.29, 1.82) is 0 Å². The van der Waals surface area contributed by atoms with Gasteiger partial charge in [-0.3, -0.25) is 0 Å².